The molecule has 0 atom stereocenters. The molecule has 0 spiro atoms. The molecule has 0 aliphatic rings. The van der Waals surface area contributed by atoms with Crippen molar-refractivity contribution in [3.05, 3.63) is 26.9 Å². The summed E-state index contributed by atoms with van der Waals surface area (Å²) in [5.74, 6) is -0.769. The predicted octanol–water partition coefficient (Wildman–Crippen LogP) is 2.44. The summed E-state index contributed by atoms with van der Waals surface area (Å²) in [6, 6.07) is 1.27. The normalized spacial score (nSPS) is 10.5. The largest absolute Gasteiger partial charge is 0.481 e. The molecule has 1 N–H and O–H groups in total. The maximum absolute atomic E-state index is 11.0. The lowest BCUT2D eigenvalue weighted by Gasteiger charge is -2.26. The number of halogens is 1. The number of nitro groups is 1. The van der Waals surface area contributed by atoms with Gasteiger partial charge in [0.25, 0.3) is 0 Å². The molecule has 0 unspecified atom stereocenters. The van der Waals surface area contributed by atoms with Gasteiger partial charge >= 0.3 is 11.7 Å². The molecular formula is C11H14BrN3O4. The number of hydrogen-bond acceptors (Lipinski definition) is 5. The van der Waals surface area contributed by atoms with E-state index in [1.54, 1.807) is 4.90 Å². The van der Waals surface area contributed by atoms with Crippen LogP contribution in [0.4, 0.5) is 11.5 Å². The predicted molar refractivity (Wildman–Crippen MR) is 73.3 cm³/mol. The van der Waals surface area contributed by atoms with Gasteiger partial charge in [-0.1, -0.05) is 0 Å². The third-order valence-corrected chi connectivity index (χ3v) is 2.91. The molecule has 0 saturated carbocycles. The molecule has 0 aromatic carbocycles. The molecule has 0 bridgehead atoms. The zero-order valence-electron chi connectivity index (χ0n) is 10.5. The first-order valence-corrected chi connectivity index (χ1v) is 6.40. The van der Waals surface area contributed by atoms with Crippen LogP contribution in [0, 0.1) is 10.1 Å². The fraction of sp³-hybridized carbons (Fsp3) is 0.455. The van der Waals surface area contributed by atoms with Crippen molar-refractivity contribution in [3.63, 3.8) is 0 Å². The van der Waals surface area contributed by atoms with Crippen LogP contribution in [0.3, 0.4) is 0 Å². The Morgan fingerprint density at radius 3 is 2.74 bits per heavy atom. The molecule has 7 nitrogen and oxygen atoms in total. The Balaban J connectivity index is 3.14. The van der Waals surface area contributed by atoms with Crippen molar-refractivity contribution in [1.82, 2.24) is 4.98 Å². The highest BCUT2D eigenvalue weighted by atomic mass is 79.9. The molecule has 0 aliphatic heterocycles. The van der Waals surface area contributed by atoms with Gasteiger partial charge in [0.05, 0.1) is 11.3 Å². The molecule has 0 fully saturated rings. The van der Waals surface area contributed by atoms with Crippen LogP contribution in [-0.2, 0) is 4.79 Å². The number of aliphatic carboxylic acids is 1. The van der Waals surface area contributed by atoms with Gasteiger partial charge in [0.2, 0.25) is 5.82 Å². The average Bonchev–Trinajstić information content (AvgIpc) is 2.29. The second kappa shape index (κ2) is 6.46. The molecule has 1 aromatic heterocycles. The maximum Gasteiger partial charge on any atom is 0.312 e. The van der Waals surface area contributed by atoms with Gasteiger partial charge in [-0.2, -0.15) is 0 Å². The van der Waals surface area contributed by atoms with Crippen LogP contribution in [0.15, 0.2) is 16.7 Å². The first kappa shape index (κ1) is 15.4. The Bertz CT molecular complexity index is 493. The summed E-state index contributed by atoms with van der Waals surface area (Å²) >= 11 is 3.13. The van der Waals surface area contributed by atoms with Crippen LogP contribution in [-0.4, -0.2) is 33.6 Å². The Hall–Kier alpha value is -1.70. The highest BCUT2D eigenvalue weighted by molar-refractivity contribution is 9.10. The topological polar surface area (TPSA) is 96.6 Å². The summed E-state index contributed by atoms with van der Waals surface area (Å²) in [5.41, 5.74) is -0.145. The van der Waals surface area contributed by atoms with Crippen LogP contribution in [0.5, 0.6) is 0 Å². The molecule has 1 aromatic rings. The van der Waals surface area contributed by atoms with Crippen molar-refractivity contribution in [1.29, 1.82) is 0 Å². The van der Waals surface area contributed by atoms with E-state index < -0.39 is 10.9 Å². The van der Waals surface area contributed by atoms with Gasteiger partial charge in [-0.25, -0.2) is 4.98 Å². The monoisotopic (exact) mass is 331 g/mol. The van der Waals surface area contributed by atoms with Crippen molar-refractivity contribution >= 4 is 33.4 Å². The third-order valence-electron chi connectivity index (χ3n) is 2.47. The van der Waals surface area contributed by atoms with E-state index in [0.717, 1.165) is 0 Å². The minimum absolute atomic E-state index is 0.0910. The number of hydrogen-bond donors (Lipinski definition) is 1. The van der Waals surface area contributed by atoms with Crippen molar-refractivity contribution in [2.75, 3.05) is 11.4 Å². The SMILES string of the molecule is CC(C)N(CCC(=O)O)c1ncc(Br)cc1[N+](=O)[O-]. The highest BCUT2D eigenvalue weighted by Gasteiger charge is 2.24. The Morgan fingerprint density at radius 2 is 2.26 bits per heavy atom. The van der Waals surface area contributed by atoms with Gasteiger partial charge in [0, 0.05) is 29.3 Å². The summed E-state index contributed by atoms with van der Waals surface area (Å²) in [7, 11) is 0. The van der Waals surface area contributed by atoms with E-state index in [-0.39, 0.29) is 30.5 Å². The summed E-state index contributed by atoms with van der Waals surface area (Å²) in [6.07, 6.45) is 1.35. The number of aromatic nitrogens is 1. The standard InChI is InChI=1S/C11H14BrN3O4/c1-7(2)14(4-3-10(16)17)11-9(15(18)19)5-8(12)6-13-11/h5-7H,3-4H2,1-2H3,(H,16,17). The quantitative estimate of drug-likeness (QED) is 0.635. The highest BCUT2D eigenvalue weighted by Crippen LogP contribution is 2.29. The van der Waals surface area contributed by atoms with E-state index in [2.05, 4.69) is 20.9 Å². The Morgan fingerprint density at radius 1 is 1.63 bits per heavy atom. The van der Waals surface area contributed by atoms with Crippen LogP contribution in [0.2, 0.25) is 0 Å². The van der Waals surface area contributed by atoms with Gasteiger partial charge in [-0.05, 0) is 29.8 Å². The first-order valence-electron chi connectivity index (χ1n) is 5.61. The molecule has 1 heterocycles. The molecule has 104 valence electrons. The molecule has 0 aliphatic carbocycles. The molecule has 19 heavy (non-hydrogen) atoms. The second-order valence-corrected chi connectivity index (χ2v) is 5.10. The number of carboxylic acids is 1. The number of pyridine rings is 1. The number of carboxylic acid groups (broad SMARTS) is 1. The first-order chi connectivity index (χ1) is 8.82. The lowest BCUT2D eigenvalue weighted by Crippen LogP contribution is -2.34. The van der Waals surface area contributed by atoms with E-state index in [1.807, 2.05) is 13.8 Å². The van der Waals surface area contributed by atoms with Gasteiger partial charge in [0.1, 0.15) is 0 Å². The van der Waals surface area contributed by atoms with Crippen molar-refractivity contribution in [2.24, 2.45) is 0 Å². The summed E-state index contributed by atoms with van der Waals surface area (Å²) in [6.45, 7) is 3.83. The molecule has 0 radical (unpaired) electrons. The lowest BCUT2D eigenvalue weighted by atomic mass is 10.2. The smallest absolute Gasteiger partial charge is 0.312 e. The maximum atomic E-state index is 11.0. The van der Waals surface area contributed by atoms with Gasteiger partial charge in [-0.15, -0.1) is 0 Å². The minimum atomic E-state index is -0.953. The van der Waals surface area contributed by atoms with Crippen LogP contribution in [0.25, 0.3) is 0 Å². The summed E-state index contributed by atoms with van der Waals surface area (Å²) in [5, 5.41) is 19.8. The van der Waals surface area contributed by atoms with Crippen molar-refractivity contribution in [3.8, 4) is 0 Å². The molecule has 8 heteroatoms. The summed E-state index contributed by atoms with van der Waals surface area (Å²) < 4.78 is 0.505. The average molecular weight is 332 g/mol. The molecule has 0 saturated heterocycles. The van der Waals surface area contributed by atoms with Gasteiger partial charge < -0.3 is 10.0 Å². The van der Waals surface area contributed by atoms with Crippen LogP contribution < -0.4 is 4.90 Å². The van der Waals surface area contributed by atoms with Crippen molar-refractivity contribution in [2.45, 2.75) is 26.3 Å². The zero-order valence-corrected chi connectivity index (χ0v) is 12.1. The number of nitrogens with zero attached hydrogens (tertiary/aromatic N) is 3. The molecular weight excluding hydrogens is 318 g/mol. The van der Waals surface area contributed by atoms with Crippen molar-refractivity contribution < 1.29 is 14.8 Å². The van der Waals surface area contributed by atoms with Gasteiger partial charge in [0.15, 0.2) is 0 Å². The number of rotatable bonds is 6. The van der Waals surface area contributed by atoms with E-state index >= 15 is 0 Å². The lowest BCUT2D eigenvalue weighted by molar-refractivity contribution is -0.384. The van der Waals surface area contributed by atoms with E-state index in [1.165, 1.54) is 12.3 Å². The Kier molecular flexibility index (Phi) is 5.22. The zero-order chi connectivity index (χ0) is 14.6. The summed E-state index contributed by atoms with van der Waals surface area (Å²) in [4.78, 5) is 26.8. The fourth-order valence-corrected chi connectivity index (χ4v) is 1.92. The second-order valence-electron chi connectivity index (χ2n) is 4.18. The van der Waals surface area contributed by atoms with E-state index in [4.69, 9.17) is 5.11 Å². The molecule has 0 amide bonds. The minimum Gasteiger partial charge on any atom is -0.481 e. The number of carbonyl (C=O) groups is 1. The molecule has 1 rings (SSSR count). The Labute approximate surface area is 118 Å². The van der Waals surface area contributed by atoms with E-state index in [9.17, 15) is 14.9 Å². The van der Waals surface area contributed by atoms with Gasteiger partial charge in [-0.3, -0.25) is 14.9 Å². The number of anilines is 1. The van der Waals surface area contributed by atoms with E-state index in [0.29, 0.717) is 4.47 Å². The van der Waals surface area contributed by atoms with Crippen LogP contribution in [0.1, 0.15) is 20.3 Å². The third kappa shape index (κ3) is 4.16. The fourth-order valence-electron chi connectivity index (χ4n) is 1.60. The van der Waals surface area contributed by atoms with Crippen LogP contribution >= 0.6 is 15.9 Å².